The molecule has 1 saturated heterocycles. The highest BCUT2D eigenvalue weighted by Crippen LogP contribution is 2.19. The highest BCUT2D eigenvalue weighted by Gasteiger charge is 2.30. The number of nitrogens with zero attached hydrogens (tertiary/aromatic N) is 1. The Bertz CT molecular complexity index is 475. The van der Waals surface area contributed by atoms with Gasteiger partial charge in [0.2, 0.25) is 0 Å². The second-order valence-corrected chi connectivity index (χ2v) is 5.54. The molecular weight excluding hydrogens is 262 g/mol. The first-order valence-electron chi connectivity index (χ1n) is 6.58. The smallest absolute Gasteiger partial charge is 0.254 e. The van der Waals surface area contributed by atoms with Crippen LogP contribution in [-0.2, 0) is 4.74 Å². The molecule has 1 aliphatic heterocycles. The van der Waals surface area contributed by atoms with Gasteiger partial charge in [-0.2, -0.15) is 0 Å². The molecule has 2 atom stereocenters. The Kier molecular flexibility index (Phi) is 4.48. The standard InChI is InChI=1S/C15H20ClNO2/c1-10-4-5-11(2)14(6-10)15(18)17-8-13(7-16)19-9-12(17)3/h4-6,12-13H,7-9H2,1-3H3. The number of aryl methyl sites for hydroxylation is 2. The molecule has 1 aromatic rings. The van der Waals surface area contributed by atoms with Crippen LogP contribution in [0.5, 0.6) is 0 Å². The molecule has 104 valence electrons. The van der Waals surface area contributed by atoms with Crippen molar-refractivity contribution in [1.82, 2.24) is 4.90 Å². The van der Waals surface area contributed by atoms with Crippen molar-refractivity contribution in [2.24, 2.45) is 0 Å². The van der Waals surface area contributed by atoms with Crippen LogP contribution in [0.2, 0.25) is 0 Å². The Morgan fingerprint density at radius 2 is 2.21 bits per heavy atom. The number of carbonyl (C=O) groups excluding carboxylic acids is 1. The largest absolute Gasteiger partial charge is 0.373 e. The summed E-state index contributed by atoms with van der Waals surface area (Å²) < 4.78 is 5.58. The molecule has 1 aliphatic rings. The van der Waals surface area contributed by atoms with Crippen molar-refractivity contribution in [3.8, 4) is 0 Å². The fourth-order valence-corrected chi connectivity index (χ4v) is 2.50. The predicted molar refractivity (Wildman–Crippen MR) is 76.9 cm³/mol. The van der Waals surface area contributed by atoms with Gasteiger partial charge in [0.25, 0.3) is 5.91 Å². The molecule has 1 heterocycles. The van der Waals surface area contributed by atoms with Gasteiger partial charge in [0, 0.05) is 12.1 Å². The van der Waals surface area contributed by atoms with Gasteiger partial charge < -0.3 is 9.64 Å². The topological polar surface area (TPSA) is 29.5 Å². The van der Waals surface area contributed by atoms with Crippen molar-refractivity contribution in [1.29, 1.82) is 0 Å². The number of alkyl halides is 1. The summed E-state index contributed by atoms with van der Waals surface area (Å²) in [6.45, 7) is 7.09. The maximum absolute atomic E-state index is 12.7. The van der Waals surface area contributed by atoms with Crippen LogP contribution in [-0.4, -0.2) is 42.0 Å². The minimum Gasteiger partial charge on any atom is -0.373 e. The van der Waals surface area contributed by atoms with Crippen molar-refractivity contribution in [2.75, 3.05) is 19.0 Å². The van der Waals surface area contributed by atoms with E-state index in [0.717, 1.165) is 16.7 Å². The monoisotopic (exact) mass is 281 g/mol. The number of carbonyl (C=O) groups is 1. The Morgan fingerprint density at radius 1 is 1.47 bits per heavy atom. The average Bonchev–Trinajstić information content (AvgIpc) is 2.41. The van der Waals surface area contributed by atoms with Gasteiger partial charge in [0.05, 0.1) is 24.6 Å². The molecule has 1 aromatic carbocycles. The molecule has 3 nitrogen and oxygen atoms in total. The van der Waals surface area contributed by atoms with Crippen molar-refractivity contribution in [3.05, 3.63) is 34.9 Å². The number of amides is 1. The molecule has 0 N–H and O–H groups in total. The maximum atomic E-state index is 12.7. The van der Waals surface area contributed by atoms with E-state index >= 15 is 0 Å². The lowest BCUT2D eigenvalue weighted by Crippen LogP contribution is -2.51. The molecule has 2 rings (SSSR count). The summed E-state index contributed by atoms with van der Waals surface area (Å²) >= 11 is 5.84. The van der Waals surface area contributed by atoms with E-state index in [1.165, 1.54) is 0 Å². The zero-order chi connectivity index (χ0) is 14.0. The molecule has 0 radical (unpaired) electrons. The zero-order valence-electron chi connectivity index (χ0n) is 11.6. The summed E-state index contributed by atoms with van der Waals surface area (Å²) in [6.07, 6.45) is -0.0630. The van der Waals surface area contributed by atoms with Crippen molar-refractivity contribution < 1.29 is 9.53 Å². The molecule has 1 fully saturated rings. The number of halogens is 1. The Morgan fingerprint density at radius 3 is 2.89 bits per heavy atom. The summed E-state index contributed by atoms with van der Waals surface area (Å²) in [5.41, 5.74) is 2.89. The lowest BCUT2D eigenvalue weighted by atomic mass is 10.0. The van der Waals surface area contributed by atoms with Crippen molar-refractivity contribution in [3.63, 3.8) is 0 Å². The van der Waals surface area contributed by atoms with Crippen LogP contribution in [0.15, 0.2) is 18.2 Å². The molecular formula is C15H20ClNO2. The molecule has 2 unspecified atom stereocenters. The lowest BCUT2D eigenvalue weighted by Gasteiger charge is -2.37. The SMILES string of the molecule is Cc1ccc(C)c(C(=O)N2CC(CCl)OCC2C)c1. The van der Waals surface area contributed by atoms with Crippen LogP contribution < -0.4 is 0 Å². The van der Waals surface area contributed by atoms with Crippen molar-refractivity contribution >= 4 is 17.5 Å². The number of rotatable bonds is 2. The van der Waals surface area contributed by atoms with Gasteiger partial charge in [-0.05, 0) is 32.4 Å². The Hall–Kier alpha value is -1.06. The van der Waals surface area contributed by atoms with E-state index in [9.17, 15) is 4.79 Å². The third-order valence-corrected chi connectivity index (χ3v) is 3.91. The van der Waals surface area contributed by atoms with Crippen LogP contribution >= 0.6 is 11.6 Å². The van der Waals surface area contributed by atoms with Gasteiger partial charge in [-0.3, -0.25) is 4.79 Å². The van der Waals surface area contributed by atoms with Gasteiger partial charge in [-0.15, -0.1) is 11.6 Å². The summed E-state index contributed by atoms with van der Waals surface area (Å²) in [5.74, 6) is 0.496. The number of benzene rings is 1. The summed E-state index contributed by atoms with van der Waals surface area (Å²) in [6, 6.07) is 6.06. The van der Waals surface area contributed by atoms with Gasteiger partial charge in [-0.25, -0.2) is 0 Å². The minimum atomic E-state index is -0.0630. The van der Waals surface area contributed by atoms with E-state index in [-0.39, 0.29) is 18.1 Å². The van der Waals surface area contributed by atoms with Crippen LogP contribution in [0.4, 0.5) is 0 Å². The van der Waals surface area contributed by atoms with Gasteiger partial charge in [-0.1, -0.05) is 17.7 Å². The molecule has 0 spiro atoms. The van der Waals surface area contributed by atoms with E-state index in [0.29, 0.717) is 19.0 Å². The molecule has 0 saturated carbocycles. The van der Waals surface area contributed by atoms with E-state index in [4.69, 9.17) is 16.3 Å². The van der Waals surface area contributed by atoms with Crippen LogP contribution in [0, 0.1) is 13.8 Å². The molecule has 0 bridgehead atoms. The fourth-order valence-electron chi connectivity index (χ4n) is 2.31. The van der Waals surface area contributed by atoms with Gasteiger partial charge >= 0.3 is 0 Å². The van der Waals surface area contributed by atoms with Gasteiger partial charge in [0.1, 0.15) is 0 Å². The highest BCUT2D eigenvalue weighted by molar-refractivity contribution is 6.18. The van der Waals surface area contributed by atoms with E-state index in [2.05, 4.69) is 0 Å². The predicted octanol–water partition coefficient (Wildman–Crippen LogP) is 2.77. The fraction of sp³-hybridized carbons (Fsp3) is 0.533. The second kappa shape index (κ2) is 5.93. The lowest BCUT2D eigenvalue weighted by molar-refractivity contribution is -0.0372. The number of ether oxygens (including phenoxy) is 1. The molecule has 19 heavy (non-hydrogen) atoms. The summed E-state index contributed by atoms with van der Waals surface area (Å²) in [4.78, 5) is 14.5. The number of hydrogen-bond donors (Lipinski definition) is 0. The molecule has 4 heteroatoms. The van der Waals surface area contributed by atoms with Crippen LogP contribution in [0.3, 0.4) is 0 Å². The Balaban J connectivity index is 2.24. The number of hydrogen-bond acceptors (Lipinski definition) is 2. The third kappa shape index (κ3) is 3.10. The number of morpholine rings is 1. The Labute approximate surface area is 119 Å². The van der Waals surface area contributed by atoms with E-state index in [1.807, 2.05) is 43.9 Å². The molecule has 0 aromatic heterocycles. The summed E-state index contributed by atoms with van der Waals surface area (Å²) in [7, 11) is 0. The van der Waals surface area contributed by atoms with Crippen molar-refractivity contribution in [2.45, 2.75) is 32.9 Å². The quantitative estimate of drug-likeness (QED) is 0.780. The first-order chi connectivity index (χ1) is 9.02. The van der Waals surface area contributed by atoms with E-state index in [1.54, 1.807) is 0 Å². The minimum absolute atomic E-state index is 0.0630. The maximum Gasteiger partial charge on any atom is 0.254 e. The third-order valence-electron chi connectivity index (χ3n) is 3.56. The first-order valence-corrected chi connectivity index (χ1v) is 7.12. The van der Waals surface area contributed by atoms with Crippen LogP contribution in [0.1, 0.15) is 28.4 Å². The normalized spacial score (nSPS) is 23.5. The second-order valence-electron chi connectivity index (χ2n) is 5.23. The molecule has 0 aliphatic carbocycles. The first kappa shape index (κ1) is 14.4. The molecule has 1 amide bonds. The van der Waals surface area contributed by atoms with Crippen LogP contribution in [0.25, 0.3) is 0 Å². The van der Waals surface area contributed by atoms with E-state index < -0.39 is 0 Å². The summed E-state index contributed by atoms with van der Waals surface area (Å²) in [5, 5.41) is 0. The van der Waals surface area contributed by atoms with Gasteiger partial charge in [0.15, 0.2) is 0 Å². The average molecular weight is 282 g/mol. The highest BCUT2D eigenvalue weighted by atomic mass is 35.5. The zero-order valence-corrected chi connectivity index (χ0v) is 12.4.